The molecule has 2 aromatic carbocycles. The lowest BCUT2D eigenvalue weighted by molar-refractivity contribution is 0.0933. The zero-order chi connectivity index (χ0) is 13.9. The molecule has 102 valence electrons. The molecule has 3 rings (SSSR count). The van der Waals surface area contributed by atoms with Gasteiger partial charge in [-0.3, -0.25) is 4.79 Å². The average Bonchev–Trinajstić information content (AvgIpc) is 2.88. The molecular weight excluding hydrogens is 250 g/mol. The Hall–Kier alpha value is -2.29. The molecule has 1 aliphatic heterocycles. The standard InChI is InChI=1S/C17H17NO2/c1-12-6-8-13(9-7-12)17(19)18-11-15-10-14-4-2-3-5-16(14)20-15/h2-9,15H,10-11H2,1H3,(H,18,19). The van der Waals surface area contributed by atoms with E-state index in [0.29, 0.717) is 12.1 Å². The van der Waals surface area contributed by atoms with Crippen molar-refractivity contribution in [2.75, 3.05) is 6.54 Å². The Kier molecular flexibility index (Phi) is 3.42. The third kappa shape index (κ3) is 2.67. The van der Waals surface area contributed by atoms with Gasteiger partial charge >= 0.3 is 0 Å². The zero-order valence-corrected chi connectivity index (χ0v) is 11.4. The van der Waals surface area contributed by atoms with Crippen LogP contribution in [0.25, 0.3) is 0 Å². The van der Waals surface area contributed by atoms with Crippen molar-refractivity contribution in [2.24, 2.45) is 0 Å². The van der Waals surface area contributed by atoms with Gasteiger partial charge in [-0.15, -0.1) is 0 Å². The Balaban J connectivity index is 1.56. The summed E-state index contributed by atoms with van der Waals surface area (Å²) in [7, 11) is 0. The Labute approximate surface area is 118 Å². The van der Waals surface area contributed by atoms with E-state index in [-0.39, 0.29) is 12.0 Å². The molecule has 1 N–H and O–H groups in total. The molecule has 3 nitrogen and oxygen atoms in total. The minimum atomic E-state index is -0.0513. The van der Waals surface area contributed by atoms with Gasteiger partial charge in [0.05, 0.1) is 6.54 Å². The van der Waals surface area contributed by atoms with Crippen molar-refractivity contribution in [3.05, 3.63) is 65.2 Å². The van der Waals surface area contributed by atoms with E-state index in [0.717, 1.165) is 17.7 Å². The van der Waals surface area contributed by atoms with E-state index in [1.165, 1.54) is 5.56 Å². The van der Waals surface area contributed by atoms with E-state index in [4.69, 9.17) is 4.74 Å². The Morgan fingerprint density at radius 1 is 1.20 bits per heavy atom. The first-order valence-electron chi connectivity index (χ1n) is 6.82. The highest BCUT2D eigenvalue weighted by Gasteiger charge is 2.22. The summed E-state index contributed by atoms with van der Waals surface area (Å²) in [5.74, 6) is 0.881. The molecule has 1 heterocycles. The van der Waals surface area contributed by atoms with E-state index < -0.39 is 0 Å². The summed E-state index contributed by atoms with van der Waals surface area (Å²) in [6.45, 7) is 2.53. The van der Waals surface area contributed by atoms with Crippen molar-refractivity contribution < 1.29 is 9.53 Å². The Morgan fingerprint density at radius 2 is 1.95 bits per heavy atom. The SMILES string of the molecule is Cc1ccc(C(=O)NCC2Cc3ccccc3O2)cc1. The second kappa shape index (κ2) is 5.37. The highest BCUT2D eigenvalue weighted by atomic mass is 16.5. The third-order valence-corrected chi connectivity index (χ3v) is 3.52. The number of fused-ring (bicyclic) bond motifs is 1. The summed E-state index contributed by atoms with van der Waals surface area (Å²) >= 11 is 0. The molecule has 0 fully saturated rings. The molecule has 3 heteroatoms. The maximum absolute atomic E-state index is 12.0. The van der Waals surface area contributed by atoms with Gasteiger partial charge in [-0.1, -0.05) is 35.9 Å². The lowest BCUT2D eigenvalue weighted by atomic mass is 10.1. The van der Waals surface area contributed by atoms with Gasteiger partial charge in [0.2, 0.25) is 0 Å². The Morgan fingerprint density at radius 3 is 2.70 bits per heavy atom. The number of ether oxygens (including phenoxy) is 1. The lowest BCUT2D eigenvalue weighted by Gasteiger charge is -2.12. The van der Waals surface area contributed by atoms with Crippen molar-refractivity contribution in [2.45, 2.75) is 19.4 Å². The van der Waals surface area contributed by atoms with E-state index >= 15 is 0 Å². The quantitative estimate of drug-likeness (QED) is 0.928. The van der Waals surface area contributed by atoms with Crippen LogP contribution >= 0.6 is 0 Å². The number of benzene rings is 2. The maximum Gasteiger partial charge on any atom is 0.251 e. The van der Waals surface area contributed by atoms with Crippen LogP contribution in [0.4, 0.5) is 0 Å². The molecule has 0 saturated carbocycles. The number of para-hydroxylation sites is 1. The van der Waals surface area contributed by atoms with E-state index in [9.17, 15) is 4.79 Å². The van der Waals surface area contributed by atoms with E-state index in [2.05, 4.69) is 11.4 Å². The van der Waals surface area contributed by atoms with Gasteiger partial charge in [0.15, 0.2) is 0 Å². The minimum Gasteiger partial charge on any atom is -0.488 e. The summed E-state index contributed by atoms with van der Waals surface area (Å²) < 4.78 is 5.80. The van der Waals surface area contributed by atoms with Crippen LogP contribution in [0.2, 0.25) is 0 Å². The molecule has 0 saturated heterocycles. The smallest absolute Gasteiger partial charge is 0.251 e. The van der Waals surface area contributed by atoms with Crippen LogP contribution in [0.3, 0.4) is 0 Å². The number of hydrogen-bond acceptors (Lipinski definition) is 2. The summed E-state index contributed by atoms with van der Waals surface area (Å²) in [6, 6.07) is 15.6. The third-order valence-electron chi connectivity index (χ3n) is 3.52. The number of carbonyl (C=O) groups is 1. The van der Waals surface area contributed by atoms with Crippen molar-refractivity contribution in [1.29, 1.82) is 0 Å². The Bertz CT molecular complexity index is 594. The molecule has 2 aromatic rings. The first-order chi connectivity index (χ1) is 9.72. The molecular formula is C17H17NO2. The summed E-state index contributed by atoms with van der Waals surface area (Å²) in [6.07, 6.45) is 0.881. The maximum atomic E-state index is 12.0. The number of carbonyl (C=O) groups excluding carboxylic acids is 1. The van der Waals surface area contributed by atoms with Gasteiger partial charge < -0.3 is 10.1 Å². The number of nitrogens with one attached hydrogen (secondary N) is 1. The van der Waals surface area contributed by atoms with Gasteiger partial charge in [-0.25, -0.2) is 0 Å². The summed E-state index contributed by atoms with van der Waals surface area (Å²) in [4.78, 5) is 12.0. The van der Waals surface area contributed by atoms with Crippen LogP contribution in [-0.2, 0) is 6.42 Å². The van der Waals surface area contributed by atoms with Crippen LogP contribution in [0, 0.1) is 6.92 Å². The largest absolute Gasteiger partial charge is 0.488 e. The summed E-state index contributed by atoms with van der Waals surface area (Å²) in [5, 5.41) is 2.93. The molecule has 0 bridgehead atoms. The second-order valence-electron chi connectivity index (χ2n) is 5.13. The fourth-order valence-electron chi connectivity index (χ4n) is 2.38. The molecule has 0 radical (unpaired) electrons. The van der Waals surface area contributed by atoms with Crippen molar-refractivity contribution >= 4 is 5.91 Å². The fourth-order valence-corrected chi connectivity index (χ4v) is 2.38. The number of aryl methyl sites for hydroxylation is 1. The fraction of sp³-hybridized carbons (Fsp3) is 0.235. The van der Waals surface area contributed by atoms with Gasteiger partial charge in [0.1, 0.15) is 11.9 Å². The molecule has 20 heavy (non-hydrogen) atoms. The highest BCUT2D eigenvalue weighted by molar-refractivity contribution is 5.94. The highest BCUT2D eigenvalue weighted by Crippen LogP contribution is 2.27. The lowest BCUT2D eigenvalue weighted by Crippen LogP contribution is -2.34. The monoisotopic (exact) mass is 267 g/mol. The molecule has 0 aromatic heterocycles. The molecule has 0 spiro atoms. The molecule has 1 unspecified atom stereocenters. The van der Waals surface area contributed by atoms with E-state index in [1.54, 1.807) is 0 Å². The number of rotatable bonds is 3. The van der Waals surface area contributed by atoms with Crippen LogP contribution in [0.5, 0.6) is 5.75 Å². The molecule has 0 aliphatic carbocycles. The predicted molar refractivity (Wildman–Crippen MR) is 78.1 cm³/mol. The molecule has 1 aliphatic rings. The normalized spacial score (nSPS) is 16.4. The first-order valence-corrected chi connectivity index (χ1v) is 6.82. The van der Waals surface area contributed by atoms with Crippen LogP contribution in [-0.4, -0.2) is 18.6 Å². The topological polar surface area (TPSA) is 38.3 Å². The van der Waals surface area contributed by atoms with Gasteiger partial charge in [0, 0.05) is 12.0 Å². The van der Waals surface area contributed by atoms with Crippen molar-refractivity contribution in [3.63, 3.8) is 0 Å². The van der Waals surface area contributed by atoms with Gasteiger partial charge in [0.25, 0.3) is 5.91 Å². The van der Waals surface area contributed by atoms with Crippen molar-refractivity contribution in [1.82, 2.24) is 5.32 Å². The minimum absolute atomic E-state index is 0.0294. The summed E-state index contributed by atoms with van der Waals surface area (Å²) in [5.41, 5.74) is 3.05. The predicted octanol–water partition coefficient (Wildman–Crippen LogP) is 2.73. The zero-order valence-electron chi connectivity index (χ0n) is 11.4. The van der Waals surface area contributed by atoms with Gasteiger partial charge in [-0.2, -0.15) is 0 Å². The first kappa shape index (κ1) is 12.7. The van der Waals surface area contributed by atoms with Crippen LogP contribution in [0.15, 0.2) is 48.5 Å². The average molecular weight is 267 g/mol. The number of amides is 1. The van der Waals surface area contributed by atoms with Gasteiger partial charge in [-0.05, 0) is 30.7 Å². The second-order valence-corrected chi connectivity index (χ2v) is 5.13. The van der Waals surface area contributed by atoms with Crippen LogP contribution in [0.1, 0.15) is 21.5 Å². The van der Waals surface area contributed by atoms with Crippen LogP contribution < -0.4 is 10.1 Å². The van der Waals surface area contributed by atoms with Crippen molar-refractivity contribution in [3.8, 4) is 5.75 Å². The van der Waals surface area contributed by atoms with E-state index in [1.807, 2.05) is 49.4 Å². The number of hydrogen-bond donors (Lipinski definition) is 1. The molecule has 1 atom stereocenters. The molecule has 1 amide bonds.